The Kier molecular flexibility index (Phi) is 8.09. The van der Waals surface area contributed by atoms with Crippen LogP contribution in [0.15, 0.2) is 72.9 Å². The fourth-order valence-corrected chi connectivity index (χ4v) is 4.43. The van der Waals surface area contributed by atoms with Crippen LogP contribution in [0.2, 0.25) is 0 Å². The molecule has 1 fully saturated rings. The van der Waals surface area contributed by atoms with E-state index in [1.54, 1.807) is 6.08 Å². The van der Waals surface area contributed by atoms with Gasteiger partial charge in [-0.15, -0.1) is 0 Å². The van der Waals surface area contributed by atoms with Crippen molar-refractivity contribution in [2.75, 3.05) is 6.54 Å². The number of rotatable bonds is 9. The van der Waals surface area contributed by atoms with Crippen LogP contribution >= 0.6 is 0 Å². The van der Waals surface area contributed by atoms with Crippen LogP contribution in [-0.2, 0) is 4.79 Å². The first-order chi connectivity index (χ1) is 13.1. The standard InChI is InChI=1S/C25H35NO/c1-5-8-11-13-20-26-23(27)18-19-25(4)22(15-10-7-3)17-16-21(24(25)26)14-12-9-6-2/h6-7,9-10,12,14-15,17,24H,2-3,5,8,11,13,16,18-20H2,1,4H3/b12-9-,15-10-,21-14+. The van der Waals surface area contributed by atoms with Gasteiger partial charge in [-0.2, -0.15) is 0 Å². The van der Waals surface area contributed by atoms with Gasteiger partial charge in [0.2, 0.25) is 5.91 Å². The van der Waals surface area contributed by atoms with Crippen LogP contribution in [-0.4, -0.2) is 23.4 Å². The van der Waals surface area contributed by atoms with Gasteiger partial charge in [-0.3, -0.25) is 4.79 Å². The van der Waals surface area contributed by atoms with Crippen molar-refractivity contribution in [3.05, 3.63) is 72.9 Å². The van der Waals surface area contributed by atoms with E-state index in [1.165, 1.54) is 30.4 Å². The maximum absolute atomic E-state index is 12.9. The number of likely N-dealkylation sites (tertiary alicyclic amines) is 1. The minimum atomic E-state index is -0.0374. The third kappa shape index (κ3) is 5.00. The molecule has 1 aliphatic heterocycles. The number of carbonyl (C=O) groups is 1. The first kappa shape index (κ1) is 21.2. The van der Waals surface area contributed by atoms with Gasteiger partial charge in [0.25, 0.3) is 0 Å². The molecular formula is C25H35NO. The van der Waals surface area contributed by atoms with Crippen LogP contribution in [0.3, 0.4) is 0 Å². The molecule has 0 spiro atoms. The summed E-state index contributed by atoms with van der Waals surface area (Å²) in [5.74, 6) is 0.307. The van der Waals surface area contributed by atoms with E-state index < -0.39 is 0 Å². The molecule has 0 bridgehead atoms. The van der Waals surface area contributed by atoms with E-state index in [0.717, 1.165) is 25.8 Å². The normalized spacial score (nSPS) is 27.3. The van der Waals surface area contributed by atoms with Gasteiger partial charge >= 0.3 is 0 Å². The van der Waals surface area contributed by atoms with Gasteiger partial charge in [0.1, 0.15) is 0 Å². The van der Waals surface area contributed by atoms with E-state index in [0.29, 0.717) is 12.3 Å². The molecule has 1 saturated heterocycles. The second kappa shape index (κ2) is 10.3. The molecule has 1 heterocycles. The highest BCUT2D eigenvalue weighted by atomic mass is 16.2. The van der Waals surface area contributed by atoms with Crippen molar-refractivity contribution in [3.8, 4) is 0 Å². The smallest absolute Gasteiger partial charge is 0.223 e. The van der Waals surface area contributed by atoms with Crippen LogP contribution < -0.4 is 0 Å². The average molecular weight is 366 g/mol. The molecule has 2 nitrogen and oxygen atoms in total. The number of nitrogens with zero attached hydrogens (tertiary/aromatic N) is 1. The summed E-state index contributed by atoms with van der Waals surface area (Å²) in [4.78, 5) is 15.0. The fourth-order valence-electron chi connectivity index (χ4n) is 4.43. The number of unbranched alkanes of at least 4 members (excludes halogenated alkanes) is 3. The summed E-state index contributed by atoms with van der Waals surface area (Å²) in [7, 11) is 0. The zero-order valence-electron chi connectivity index (χ0n) is 17.1. The summed E-state index contributed by atoms with van der Waals surface area (Å²) >= 11 is 0. The second-order valence-electron chi connectivity index (χ2n) is 7.79. The lowest BCUT2D eigenvalue weighted by atomic mass is 9.63. The molecule has 0 radical (unpaired) electrons. The molecule has 27 heavy (non-hydrogen) atoms. The summed E-state index contributed by atoms with van der Waals surface area (Å²) in [6.45, 7) is 13.0. The van der Waals surface area contributed by atoms with E-state index >= 15 is 0 Å². The van der Waals surface area contributed by atoms with Gasteiger partial charge in [-0.05, 0) is 30.4 Å². The lowest BCUT2D eigenvalue weighted by molar-refractivity contribution is -0.140. The Morgan fingerprint density at radius 3 is 2.67 bits per heavy atom. The summed E-state index contributed by atoms with van der Waals surface area (Å²) in [5.41, 5.74) is 2.63. The van der Waals surface area contributed by atoms with Crippen LogP contribution in [0.5, 0.6) is 0 Å². The van der Waals surface area contributed by atoms with E-state index in [2.05, 4.69) is 56.2 Å². The maximum atomic E-state index is 12.9. The van der Waals surface area contributed by atoms with E-state index in [1.807, 2.05) is 18.2 Å². The Labute approximate surface area is 165 Å². The zero-order valence-corrected chi connectivity index (χ0v) is 17.1. The number of amides is 1. The van der Waals surface area contributed by atoms with Crippen LogP contribution in [0.1, 0.15) is 58.8 Å². The Morgan fingerprint density at radius 1 is 1.19 bits per heavy atom. The minimum absolute atomic E-state index is 0.0374. The van der Waals surface area contributed by atoms with Gasteiger partial charge in [0, 0.05) is 18.4 Å². The van der Waals surface area contributed by atoms with Crippen molar-refractivity contribution < 1.29 is 4.79 Å². The molecule has 2 rings (SSSR count). The quantitative estimate of drug-likeness (QED) is 0.346. The molecule has 0 aromatic carbocycles. The number of fused-ring (bicyclic) bond motifs is 1. The van der Waals surface area contributed by atoms with E-state index in [-0.39, 0.29) is 11.5 Å². The van der Waals surface area contributed by atoms with Gasteiger partial charge in [-0.25, -0.2) is 0 Å². The molecule has 2 atom stereocenters. The van der Waals surface area contributed by atoms with Gasteiger partial charge < -0.3 is 4.90 Å². The van der Waals surface area contributed by atoms with Crippen molar-refractivity contribution in [1.29, 1.82) is 0 Å². The monoisotopic (exact) mass is 365 g/mol. The highest BCUT2D eigenvalue weighted by Gasteiger charge is 2.48. The highest BCUT2D eigenvalue weighted by Crippen LogP contribution is 2.49. The number of hydrogen-bond acceptors (Lipinski definition) is 1. The largest absolute Gasteiger partial charge is 0.335 e. The molecule has 0 N–H and O–H groups in total. The van der Waals surface area contributed by atoms with Crippen molar-refractivity contribution in [2.45, 2.75) is 64.8 Å². The Hall–Kier alpha value is -2.09. The lowest BCUT2D eigenvalue weighted by Gasteiger charge is -2.52. The summed E-state index contributed by atoms with van der Waals surface area (Å²) in [5, 5.41) is 0. The highest BCUT2D eigenvalue weighted by molar-refractivity contribution is 5.79. The molecule has 1 amide bonds. The van der Waals surface area contributed by atoms with Gasteiger partial charge in [0.15, 0.2) is 0 Å². The molecule has 2 unspecified atom stereocenters. The molecule has 2 aliphatic rings. The van der Waals surface area contributed by atoms with E-state index in [4.69, 9.17) is 0 Å². The van der Waals surface area contributed by atoms with Crippen LogP contribution in [0.25, 0.3) is 0 Å². The van der Waals surface area contributed by atoms with Crippen molar-refractivity contribution >= 4 is 5.91 Å². The van der Waals surface area contributed by atoms with E-state index in [9.17, 15) is 4.79 Å². The first-order valence-electron chi connectivity index (χ1n) is 10.4. The third-order valence-electron chi connectivity index (χ3n) is 5.88. The topological polar surface area (TPSA) is 20.3 Å². The van der Waals surface area contributed by atoms with Gasteiger partial charge in [0.05, 0.1) is 6.04 Å². The molecule has 2 heteroatoms. The Bertz CT molecular complexity index is 664. The number of hydrogen-bond donors (Lipinski definition) is 0. The van der Waals surface area contributed by atoms with Gasteiger partial charge in [-0.1, -0.05) is 94.9 Å². The Balaban J connectivity index is 2.39. The zero-order chi connectivity index (χ0) is 19.7. The number of carbonyl (C=O) groups excluding carboxylic acids is 1. The fraction of sp³-hybridized carbons (Fsp3) is 0.480. The molecule has 146 valence electrons. The molecule has 1 aliphatic carbocycles. The average Bonchev–Trinajstić information content (AvgIpc) is 2.66. The molecule has 0 aromatic heterocycles. The summed E-state index contributed by atoms with van der Waals surface area (Å²) < 4.78 is 0. The number of allylic oxidation sites excluding steroid dienone is 8. The maximum Gasteiger partial charge on any atom is 0.223 e. The predicted octanol–water partition coefficient (Wildman–Crippen LogP) is 6.30. The minimum Gasteiger partial charge on any atom is -0.335 e. The summed E-state index contributed by atoms with van der Waals surface area (Å²) in [6, 6.07) is 0.143. The van der Waals surface area contributed by atoms with Crippen LogP contribution in [0, 0.1) is 5.41 Å². The third-order valence-corrected chi connectivity index (χ3v) is 5.88. The van der Waals surface area contributed by atoms with Crippen molar-refractivity contribution in [2.24, 2.45) is 5.41 Å². The SMILES string of the molecule is C=C/C=C\C=C1/CC=C(/C=C\C=C)C2(C)CCC(=O)N(CCCCCC)C12. The molecule has 0 aromatic rings. The summed E-state index contributed by atoms with van der Waals surface area (Å²) in [6.07, 6.45) is 23.5. The second-order valence-corrected chi connectivity index (χ2v) is 7.79. The number of piperidine rings is 1. The van der Waals surface area contributed by atoms with Crippen molar-refractivity contribution in [1.82, 2.24) is 4.90 Å². The lowest BCUT2D eigenvalue weighted by Crippen LogP contribution is -2.56. The molecular weight excluding hydrogens is 330 g/mol. The Morgan fingerprint density at radius 2 is 1.96 bits per heavy atom. The van der Waals surface area contributed by atoms with Crippen LogP contribution in [0.4, 0.5) is 0 Å². The molecule has 0 saturated carbocycles. The predicted molar refractivity (Wildman–Crippen MR) is 116 cm³/mol. The van der Waals surface area contributed by atoms with Crippen molar-refractivity contribution in [3.63, 3.8) is 0 Å². The first-order valence-corrected chi connectivity index (χ1v) is 10.4.